The summed E-state index contributed by atoms with van der Waals surface area (Å²) in [5.74, 6) is -1.28. The first kappa shape index (κ1) is 13.6. The molecule has 0 spiro atoms. The molecule has 0 aliphatic rings. The Balaban J connectivity index is 2.04. The largest absolute Gasteiger partial charge is 0.545 e. The fourth-order valence-corrected chi connectivity index (χ4v) is 1.74. The number of nitrogens with one attached hydrogen (secondary N) is 2. The molecular weight excluding hydrogens is 256 g/mol. The summed E-state index contributed by atoms with van der Waals surface area (Å²) < 4.78 is 0. The van der Waals surface area contributed by atoms with Gasteiger partial charge in [0.15, 0.2) is 0 Å². The number of anilines is 2. The first-order chi connectivity index (χ1) is 9.54. The maximum absolute atomic E-state index is 11.8. The van der Waals surface area contributed by atoms with Crippen molar-refractivity contribution in [1.29, 1.82) is 0 Å². The van der Waals surface area contributed by atoms with Gasteiger partial charge in [0, 0.05) is 11.4 Å². The van der Waals surface area contributed by atoms with Crippen molar-refractivity contribution < 1.29 is 14.7 Å². The molecule has 0 unspecified atom stereocenters. The standard InChI is InChI=1S/C15H14N2O3/c1-10-4-2-6-12(8-10)16-15(20)17-13-7-3-5-11(9-13)14(18)19/h2-9H,1H3,(H,18,19)(H2,16,17,20)/p-1. The molecule has 5 heteroatoms. The number of aryl methyl sites for hydroxylation is 1. The Hall–Kier alpha value is -2.82. The molecule has 0 saturated carbocycles. The molecule has 0 saturated heterocycles. The smallest absolute Gasteiger partial charge is 0.323 e. The Morgan fingerprint density at radius 2 is 1.55 bits per heavy atom. The molecule has 2 aromatic carbocycles. The zero-order chi connectivity index (χ0) is 14.5. The van der Waals surface area contributed by atoms with Crippen molar-refractivity contribution in [2.45, 2.75) is 6.92 Å². The lowest BCUT2D eigenvalue weighted by Gasteiger charge is -2.09. The SMILES string of the molecule is Cc1cccc(NC(=O)Nc2cccc(C(=O)[O-])c2)c1. The predicted molar refractivity (Wildman–Crippen MR) is 74.6 cm³/mol. The van der Waals surface area contributed by atoms with E-state index in [1.165, 1.54) is 18.2 Å². The molecule has 2 amide bonds. The van der Waals surface area contributed by atoms with Crippen LogP contribution in [0.25, 0.3) is 0 Å². The van der Waals surface area contributed by atoms with E-state index in [1.807, 2.05) is 25.1 Å². The van der Waals surface area contributed by atoms with Crippen LogP contribution in [-0.2, 0) is 0 Å². The zero-order valence-corrected chi connectivity index (χ0v) is 10.8. The zero-order valence-electron chi connectivity index (χ0n) is 10.8. The highest BCUT2D eigenvalue weighted by Crippen LogP contribution is 2.12. The topological polar surface area (TPSA) is 81.3 Å². The van der Waals surface area contributed by atoms with Gasteiger partial charge in [-0.25, -0.2) is 4.79 Å². The summed E-state index contributed by atoms with van der Waals surface area (Å²) in [6.45, 7) is 1.92. The van der Waals surface area contributed by atoms with Crippen LogP contribution in [-0.4, -0.2) is 12.0 Å². The van der Waals surface area contributed by atoms with Crippen LogP contribution in [0.4, 0.5) is 16.2 Å². The maximum atomic E-state index is 11.8. The Kier molecular flexibility index (Phi) is 4.00. The lowest BCUT2D eigenvalue weighted by atomic mass is 10.2. The lowest BCUT2D eigenvalue weighted by Crippen LogP contribution is -2.23. The minimum Gasteiger partial charge on any atom is -0.545 e. The maximum Gasteiger partial charge on any atom is 0.323 e. The number of urea groups is 1. The van der Waals surface area contributed by atoms with Crippen molar-refractivity contribution in [2.75, 3.05) is 10.6 Å². The molecule has 0 heterocycles. The van der Waals surface area contributed by atoms with Gasteiger partial charge in [-0.15, -0.1) is 0 Å². The summed E-state index contributed by atoms with van der Waals surface area (Å²) in [6.07, 6.45) is 0. The molecule has 0 bridgehead atoms. The first-order valence-corrected chi connectivity index (χ1v) is 6.01. The average Bonchev–Trinajstić information content (AvgIpc) is 2.38. The van der Waals surface area contributed by atoms with Gasteiger partial charge < -0.3 is 20.5 Å². The van der Waals surface area contributed by atoms with Gasteiger partial charge in [0.05, 0.1) is 5.97 Å². The van der Waals surface area contributed by atoms with Gasteiger partial charge in [-0.05, 0) is 42.3 Å². The summed E-state index contributed by atoms with van der Waals surface area (Å²) in [5.41, 5.74) is 2.09. The third kappa shape index (κ3) is 3.58. The van der Waals surface area contributed by atoms with E-state index < -0.39 is 12.0 Å². The highest BCUT2D eigenvalue weighted by Gasteiger charge is 2.03. The Morgan fingerprint density at radius 1 is 0.950 bits per heavy atom. The van der Waals surface area contributed by atoms with Crippen LogP contribution in [0, 0.1) is 6.92 Å². The number of rotatable bonds is 3. The van der Waals surface area contributed by atoms with Crippen molar-refractivity contribution in [1.82, 2.24) is 0 Å². The highest BCUT2D eigenvalue weighted by atomic mass is 16.4. The van der Waals surface area contributed by atoms with Crippen LogP contribution >= 0.6 is 0 Å². The summed E-state index contributed by atoms with van der Waals surface area (Å²) in [4.78, 5) is 22.5. The molecule has 0 fully saturated rings. The molecule has 2 N–H and O–H groups in total. The Morgan fingerprint density at radius 3 is 2.15 bits per heavy atom. The summed E-state index contributed by atoms with van der Waals surface area (Å²) >= 11 is 0. The van der Waals surface area contributed by atoms with Crippen molar-refractivity contribution in [3.05, 3.63) is 59.7 Å². The number of aromatic carboxylic acids is 1. The second kappa shape index (κ2) is 5.88. The quantitative estimate of drug-likeness (QED) is 0.894. The second-order valence-corrected chi connectivity index (χ2v) is 4.32. The second-order valence-electron chi connectivity index (χ2n) is 4.32. The Labute approximate surface area is 116 Å². The van der Waals surface area contributed by atoms with Gasteiger partial charge in [-0.3, -0.25) is 0 Å². The lowest BCUT2D eigenvalue weighted by molar-refractivity contribution is -0.255. The molecule has 0 aliphatic heterocycles. The minimum atomic E-state index is -1.28. The number of hydrogen-bond donors (Lipinski definition) is 2. The molecule has 0 radical (unpaired) electrons. The van der Waals surface area contributed by atoms with E-state index in [1.54, 1.807) is 12.1 Å². The fourth-order valence-electron chi connectivity index (χ4n) is 1.74. The monoisotopic (exact) mass is 269 g/mol. The van der Waals surface area contributed by atoms with Gasteiger partial charge in [0.25, 0.3) is 0 Å². The summed E-state index contributed by atoms with van der Waals surface area (Å²) in [7, 11) is 0. The summed E-state index contributed by atoms with van der Waals surface area (Å²) in [5, 5.41) is 16.0. The molecule has 102 valence electrons. The van der Waals surface area contributed by atoms with Crippen LogP contribution < -0.4 is 15.7 Å². The number of benzene rings is 2. The molecule has 0 atom stereocenters. The van der Waals surface area contributed by atoms with E-state index in [2.05, 4.69) is 10.6 Å². The van der Waals surface area contributed by atoms with Crippen molar-refractivity contribution >= 4 is 23.4 Å². The van der Waals surface area contributed by atoms with Crippen molar-refractivity contribution in [3.8, 4) is 0 Å². The fraction of sp³-hybridized carbons (Fsp3) is 0.0667. The van der Waals surface area contributed by atoms with Crippen molar-refractivity contribution in [2.24, 2.45) is 0 Å². The number of hydrogen-bond acceptors (Lipinski definition) is 3. The van der Waals surface area contributed by atoms with Crippen LogP contribution in [0.5, 0.6) is 0 Å². The number of carboxylic acids is 1. The van der Waals surface area contributed by atoms with Gasteiger partial charge in [0.2, 0.25) is 0 Å². The number of carbonyl (C=O) groups is 2. The normalized spacial score (nSPS) is 9.85. The number of carbonyl (C=O) groups excluding carboxylic acids is 2. The van der Waals surface area contributed by atoms with E-state index in [0.717, 1.165) is 5.56 Å². The average molecular weight is 269 g/mol. The van der Waals surface area contributed by atoms with Gasteiger partial charge >= 0.3 is 6.03 Å². The van der Waals surface area contributed by atoms with E-state index in [9.17, 15) is 14.7 Å². The number of carboxylic acid groups (broad SMARTS) is 1. The third-order valence-corrected chi connectivity index (χ3v) is 2.63. The van der Waals surface area contributed by atoms with Crippen molar-refractivity contribution in [3.63, 3.8) is 0 Å². The third-order valence-electron chi connectivity index (χ3n) is 2.63. The van der Waals surface area contributed by atoms with E-state index in [-0.39, 0.29) is 5.56 Å². The van der Waals surface area contributed by atoms with E-state index >= 15 is 0 Å². The minimum absolute atomic E-state index is 0.0124. The predicted octanol–water partition coefficient (Wildman–Crippen LogP) is 2.00. The summed E-state index contributed by atoms with van der Waals surface area (Å²) in [6, 6.07) is 12.8. The first-order valence-electron chi connectivity index (χ1n) is 6.01. The number of amides is 2. The van der Waals surface area contributed by atoms with Gasteiger partial charge in [-0.2, -0.15) is 0 Å². The van der Waals surface area contributed by atoms with E-state index in [4.69, 9.17) is 0 Å². The van der Waals surface area contributed by atoms with Gasteiger partial charge in [-0.1, -0.05) is 24.3 Å². The molecular formula is C15H13N2O3-. The molecule has 0 aliphatic carbocycles. The molecule has 0 aromatic heterocycles. The molecule has 2 aromatic rings. The van der Waals surface area contributed by atoms with Crippen LogP contribution in [0.1, 0.15) is 15.9 Å². The van der Waals surface area contributed by atoms with Crippen LogP contribution in [0.15, 0.2) is 48.5 Å². The Bertz CT molecular complexity index is 653. The molecule has 2 rings (SSSR count). The highest BCUT2D eigenvalue weighted by molar-refractivity contribution is 6.00. The van der Waals surface area contributed by atoms with Crippen LogP contribution in [0.2, 0.25) is 0 Å². The van der Waals surface area contributed by atoms with Crippen LogP contribution in [0.3, 0.4) is 0 Å². The molecule has 20 heavy (non-hydrogen) atoms. The van der Waals surface area contributed by atoms with Gasteiger partial charge in [0.1, 0.15) is 0 Å². The molecule has 5 nitrogen and oxygen atoms in total. The van der Waals surface area contributed by atoms with E-state index in [0.29, 0.717) is 11.4 Å².